The molecule has 1 saturated heterocycles. The molecule has 6 heteroatoms. The van der Waals surface area contributed by atoms with Gasteiger partial charge in [0.1, 0.15) is 0 Å². The van der Waals surface area contributed by atoms with Gasteiger partial charge in [-0.2, -0.15) is 0 Å². The number of nitrogens with one attached hydrogen (secondary N) is 1. The van der Waals surface area contributed by atoms with Gasteiger partial charge in [-0.15, -0.1) is 0 Å². The number of fused-ring (bicyclic) bond motifs is 1. The lowest BCUT2D eigenvalue weighted by atomic mass is 10.2. The molecule has 2 aromatic carbocycles. The standard InChI is InChI=1S/C21H22N4O2/c1-2-13-25-18-7-4-3-6-17(18)22-21(25)23-20(27)15-9-11-16(12-10-15)24-14-5-8-19(24)26/h3-4,6-7,9-12H,2,5,8,13-14H2,1H3,(H,22,23,27). The average Bonchev–Trinajstić information content (AvgIpc) is 3.26. The van der Waals surface area contributed by atoms with Crippen LogP contribution in [0, 0.1) is 0 Å². The first-order valence-corrected chi connectivity index (χ1v) is 9.34. The number of carbonyl (C=O) groups is 2. The number of benzene rings is 2. The zero-order valence-corrected chi connectivity index (χ0v) is 15.3. The minimum atomic E-state index is -0.207. The molecule has 0 bridgehead atoms. The van der Waals surface area contributed by atoms with Crippen LogP contribution in [0.5, 0.6) is 0 Å². The van der Waals surface area contributed by atoms with Gasteiger partial charge in [0.05, 0.1) is 11.0 Å². The molecule has 1 N–H and O–H groups in total. The van der Waals surface area contributed by atoms with Gasteiger partial charge in [-0.1, -0.05) is 19.1 Å². The summed E-state index contributed by atoms with van der Waals surface area (Å²) in [6.07, 6.45) is 2.42. The van der Waals surface area contributed by atoms with Crippen LogP contribution in [-0.4, -0.2) is 27.9 Å². The predicted octanol–water partition coefficient (Wildman–Crippen LogP) is 3.83. The molecule has 1 aliphatic rings. The number of para-hydroxylation sites is 2. The quantitative estimate of drug-likeness (QED) is 0.750. The van der Waals surface area contributed by atoms with Gasteiger partial charge in [-0.3, -0.25) is 14.9 Å². The second kappa shape index (κ2) is 7.23. The number of rotatable bonds is 5. The zero-order valence-electron chi connectivity index (χ0n) is 15.3. The van der Waals surface area contributed by atoms with Crippen LogP contribution >= 0.6 is 0 Å². The highest BCUT2D eigenvalue weighted by molar-refractivity contribution is 6.04. The zero-order chi connectivity index (χ0) is 18.8. The van der Waals surface area contributed by atoms with E-state index in [1.807, 2.05) is 41.0 Å². The van der Waals surface area contributed by atoms with Gasteiger partial charge in [0.15, 0.2) is 0 Å². The van der Waals surface area contributed by atoms with Crippen molar-refractivity contribution in [2.75, 3.05) is 16.8 Å². The molecule has 1 aromatic heterocycles. The molecular formula is C21H22N4O2. The second-order valence-corrected chi connectivity index (χ2v) is 6.73. The molecule has 0 saturated carbocycles. The molecular weight excluding hydrogens is 340 g/mol. The number of amides is 2. The van der Waals surface area contributed by atoms with Crippen molar-refractivity contribution in [3.05, 3.63) is 54.1 Å². The van der Waals surface area contributed by atoms with Gasteiger partial charge in [-0.25, -0.2) is 4.98 Å². The van der Waals surface area contributed by atoms with Crippen LogP contribution in [0.4, 0.5) is 11.6 Å². The molecule has 3 aromatic rings. The lowest BCUT2D eigenvalue weighted by Crippen LogP contribution is -2.23. The van der Waals surface area contributed by atoms with E-state index in [2.05, 4.69) is 17.2 Å². The fourth-order valence-corrected chi connectivity index (χ4v) is 3.51. The third-order valence-corrected chi connectivity index (χ3v) is 4.84. The molecule has 138 valence electrons. The first-order valence-electron chi connectivity index (χ1n) is 9.34. The molecule has 6 nitrogen and oxygen atoms in total. The van der Waals surface area contributed by atoms with Gasteiger partial charge in [-0.05, 0) is 49.2 Å². The van der Waals surface area contributed by atoms with Crippen molar-refractivity contribution >= 4 is 34.5 Å². The van der Waals surface area contributed by atoms with E-state index in [4.69, 9.17) is 0 Å². The van der Waals surface area contributed by atoms with E-state index in [0.717, 1.165) is 42.7 Å². The fourth-order valence-electron chi connectivity index (χ4n) is 3.51. The van der Waals surface area contributed by atoms with E-state index in [9.17, 15) is 9.59 Å². The Morgan fingerprint density at radius 3 is 2.63 bits per heavy atom. The molecule has 27 heavy (non-hydrogen) atoms. The summed E-state index contributed by atoms with van der Waals surface area (Å²) in [4.78, 5) is 30.9. The Balaban J connectivity index is 1.56. The van der Waals surface area contributed by atoms with Crippen LogP contribution in [0.3, 0.4) is 0 Å². The van der Waals surface area contributed by atoms with Crippen LogP contribution < -0.4 is 10.2 Å². The van der Waals surface area contributed by atoms with Crippen molar-refractivity contribution in [3.8, 4) is 0 Å². The van der Waals surface area contributed by atoms with Crippen LogP contribution in [-0.2, 0) is 11.3 Å². The highest BCUT2D eigenvalue weighted by atomic mass is 16.2. The smallest absolute Gasteiger partial charge is 0.257 e. The molecule has 4 rings (SSSR count). The van der Waals surface area contributed by atoms with Gasteiger partial charge < -0.3 is 9.47 Å². The van der Waals surface area contributed by atoms with Gasteiger partial charge >= 0.3 is 0 Å². The molecule has 0 atom stereocenters. The number of hydrogen-bond donors (Lipinski definition) is 1. The molecule has 0 unspecified atom stereocenters. The van der Waals surface area contributed by atoms with E-state index >= 15 is 0 Å². The summed E-state index contributed by atoms with van der Waals surface area (Å²) < 4.78 is 2.03. The molecule has 0 spiro atoms. The van der Waals surface area contributed by atoms with Crippen molar-refractivity contribution in [3.63, 3.8) is 0 Å². The largest absolute Gasteiger partial charge is 0.312 e. The molecule has 0 radical (unpaired) electrons. The Hall–Kier alpha value is -3.15. The number of aryl methyl sites for hydroxylation is 1. The van der Waals surface area contributed by atoms with E-state index in [1.165, 1.54) is 0 Å². The van der Waals surface area contributed by atoms with Crippen molar-refractivity contribution < 1.29 is 9.59 Å². The Morgan fingerprint density at radius 1 is 1.15 bits per heavy atom. The topological polar surface area (TPSA) is 67.2 Å². The molecule has 0 aliphatic carbocycles. The van der Waals surface area contributed by atoms with E-state index in [-0.39, 0.29) is 11.8 Å². The summed E-state index contributed by atoms with van der Waals surface area (Å²) in [5.74, 6) is 0.490. The van der Waals surface area contributed by atoms with Crippen molar-refractivity contribution in [1.29, 1.82) is 0 Å². The summed E-state index contributed by atoms with van der Waals surface area (Å²) in [7, 11) is 0. The third-order valence-electron chi connectivity index (χ3n) is 4.84. The Labute approximate surface area is 157 Å². The summed E-state index contributed by atoms with van der Waals surface area (Å²) in [6, 6.07) is 15.0. The fraction of sp³-hybridized carbons (Fsp3) is 0.286. The lowest BCUT2D eigenvalue weighted by Gasteiger charge is -2.16. The maximum atomic E-state index is 12.7. The summed E-state index contributed by atoms with van der Waals surface area (Å²) in [5, 5.41) is 2.93. The van der Waals surface area contributed by atoms with Crippen LogP contribution in [0.25, 0.3) is 11.0 Å². The highest BCUT2D eigenvalue weighted by Gasteiger charge is 2.22. The molecule has 1 aliphatic heterocycles. The van der Waals surface area contributed by atoms with Gasteiger partial charge in [0, 0.05) is 30.8 Å². The number of hydrogen-bond acceptors (Lipinski definition) is 3. The maximum absolute atomic E-state index is 12.7. The minimum absolute atomic E-state index is 0.139. The Morgan fingerprint density at radius 2 is 1.93 bits per heavy atom. The van der Waals surface area contributed by atoms with Crippen LogP contribution in [0.1, 0.15) is 36.5 Å². The molecule has 1 fully saturated rings. The van der Waals surface area contributed by atoms with Gasteiger partial charge in [0.25, 0.3) is 5.91 Å². The Kier molecular flexibility index (Phi) is 4.62. The van der Waals surface area contributed by atoms with E-state index in [0.29, 0.717) is 17.9 Å². The second-order valence-electron chi connectivity index (χ2n) is 6.73. The first kappa shape index (κ1) is 17.3. The number of nitrogens with zero attached hydrogens (tertiary/aromatic N) is 3. The number of carbonyl (C=O) groups excluding carboxylic acids is 2. The highest BCUT2D eigenvalue weighted by Crippen LogP contribution is 2.23. The molecule has 2 amide bonds. The first-order chi connectivity index (χ1) is 13.2. The van der Waals surface area contributed by atoms with E-state index in [1.54, 1.807) is 17.0 Å². The number of anilines is 2. The maximum Gasteiger partial charge on any atom is 0.257 e. The SMILES string of the molecule is CCCn1c(NC(=O)c2ccc(N3CCCC3=O)cc2)nc2ccccc21. The monoisotopic (exact) mass is 362 g/mol. The number of imidazole rings is 1. The summed E-state index contributed by atoms with van der Waals surface area (Å²) in [5.41, 5.74) is 3.26. The summed E-state index contributed by atoms with van der Waals surface area (Å²) >= 11 is 0. The van der Waals surface area contributed by atoms with Crippen molar-refractivity contribution in [1.82, 2.24) is 9.55 Å². The molecule has 2 heterocycles. The third kappa shape index (κ3) is 3.30. The van der Waals surface area contributed by atoms with E-state index < -0.39 is 0 Å². The van der Waals surface area contributed by atoms with Crippen molar-refractivity contribution in [2.24, 2.45) is 0 Å². The van der Waals surface area contributed by atoms with Gasteiger partial charge in [0.2, 0.25) is 11.9 Å². The number of aromatic nitrogens is 2. The van der Waals surface area contributed by atoms with Crippen LogP contribution in [0.15, 0.2) is 48.5 Å². The lowest BCUT2D eigenvalue weighted by molar-refractivity contribution is -0.117. The van der Waals surface area contributed by atoms with Crippen molar-refractivity contribution in [2.45, 2.75) is 32.7 Å². The summed E-state index contributed by atoms with van der Waals surface area (Å²) in [6.45, 7) is 3.62. The average molecular weight is 362 g/mol. The Bertz CT molecular complexity index is 991. The van der Waals surface area contributed by atoms with Crippen LogP contribution in [0.2, 0.25) is 0 Å². The minimum Gasteiger partial charge on any atom is -0.312 e. The predicted molar refractivity (Wildman–Crippen MR) is 106 cm³/mol. The normalized spacial score (nSPS) is 14.1.